The molecular weight excluding hydrogens is 329 g/mol. The van der Waals surface area contributed by atoms with Crippen LogP contribution >= 0.6 is 0 Å². The third-order valence-electron chi connectivity index (χ3n) is 3.16. The molecule has 1 aliphatic carbocycles. The fourth-order valence-electron chi connectivity index (χ4n) is 2.26. The molecule has 24 heavy (non-hydrogen) atoms. The first-order valence-electron chi connectivity index (χ1n) is 6.66. The molecule has 0 aromatic heterocycles. The number of hydrogen-bond donors (Lipinski definition) is 1. The van der Waals surface area contributed by atoms with Crippen molar-refractivity contribution in [3.8, 4) is 0 Å². The van der Waals surface area contributed by atoms with Crippen LogP contribution < -0.4 is 5.73 Å². The topological polar surface area (TPSA) is 87.6 Å². The van der Waals surface area contributed by atoms with Crippen molar-refractivity contribution in [1.29, 1.82) is 0 Å². The molecule has 1 aliphatic rings. The second kappa shape index (κ2) is 6.65. The normalized spacial score (nSPS) is 17.2. The molecule has 0 aliphatic heterocycles. The summed E-state index contributed by atoms with van der Waals surface area (Å²) in [6, 6.07) is 7.47. The Kier molecular flexibility index (Phi) is 4.82. The minimum atomic E-state index is -4.96. The Bertz CT molecular complexity index is 737. The van der Waals surface area contributed by atoms with E-state index in [1.807, 2.05) is 0 Å². The predicted molar refractivity (Wildman–Crippen MR) is 78.4 cm³/mol. The number of benzene rings is 1. The van der Waals surface area contributed by atoms with E-state index in [1.165, 1.54) is 31.4 Å². The average Bonchev–Trinajstić information content (AvgIpc) is 2.51. The van der Waals surface area contributed by atoms with Gasteiger partial charge in [-0.05, 0) is 0 Å². The Morgan fingerprint density at radius 2 is 1.92 bits per heavy atom. The summed E-state index contributed by atoms with van der Waals surface area (Å²) < 4.78 is 47.3. The largest absolute Gasteiger partial charge is 0.573 e. The number of halogens is 3. The van der Waals surface area contributed by atoms with Crippen molar-refractivity contribution >= 4 is 5.76 Å². The minimum Gasteiger partial charge on any atom is -0.489 e. The quantitative estimate of drug-likeness (QED) is 0.515. The van der Waals surface area contributed by atoms with Gasteiger partial charge in [-0.25, -0.2) is 0 Å². The molecule has 2 rings (SSSR count). The number of allylic oxidation sites excluding steroid dienone is 2. The van der Waals surface area contributed by atoms with E-state index in [1.54, 1.807) is 6.07 Å². The molecule has 6 nitrogen and oxygen atoms in total. The third kappa shape index (κ3) is 3.86. The van der Waals surface area contributed by atoms with Crippen molar-refractivity contribution in [3.63, 3.8) is 0 Å². The van der Waals surface area contributed by atoms with Crippen LogP contribution in [0.15, 0.2) is 59.1 Å². The lowest BCUT2D eigenvalue weighted by molar-refractivity contribution is -0.424. The van der Waals surface area contributed by atoms with Crippen LogP contribution in [0.3, 0.4) is 0 Å². The number of nitro groups is 1. The highest BCUT2D eigenvalue weighted by Gasteiger charge is 2.35. The van der Waals surface area contributed by atoms with E-state index in [-0.39, 0.29) is 29.0 Å². The summed E-state index contributed by atoms with van der Waals surface area (Å²) in [5.41, 5.74) is 5.20. The number of ether oxygens (including phenoxy) is 2. The second-order valence-electron chi connectivity index (χ2n) is 4.79. The Balaban J connectivity index is 2.63. The molecule has 2 N–H and O–H groups in total. The third-order valence-corrected chi connectivity index (χ3v) is 3.16. The summed E-state index contributed by atoms with van der Waals surface area (Å²) in [5, 5.41) is 11.1. The van der Waals surface area contributed by atoms with Gasteiger partial charge in [-0.3, -0.25) is 10.1 Å². The van der Waals surface area contributed by atoms with Gasteiger partial charge in [-0.1, -0.05) is 30.3 Å². The van der Waals surface area contributed by atoms with Crippen molar-refractivity contribution in [3.05, 3.63) is 74.8 Å². The first-order chi connectivity index (χ1) is 11.2. The molecule has 0 bridgehead atoms. The Hall–Kier alpha value is -2.97. The molecule has 1 aromatic rings. The van der Waals surface area contributed by atoms with Crippen molar-refractivity contribution in [1.82, 2.24) is 0 Å². The highest BCUT2D eigenvalue weighted by Crippen LogP contribution is 2.35. The highest BCUT2D eigenvalue weighted by atomic mass is 19.4. The second-order valence-corrected chi connectivity index (χ2v) is 4.79. The molecule has 0 fully saturated rings. The molecule has 0 atom stereocenters. The van der Waals surface area contributed by atoms with Gasteiger partial charge in [-0.15, -0.1) is 13.2 Å². The summed E-state index contributed by atoms with van der Waals surface area (Å²) in [4.78, 5) is 10.4. The van der Waals surface area contributed by atoms with E-state index < -0.39 is 22.7 Å². The molecule has 0 spiro atoms. The first kappa shape index (κ1) is 17.4. The molecule has 0 amide bonds. The molecule has 128 valence electrons. The van der Waals surface area contributed by atoms with E-state index in [2.05, 4.69) is 4.74 Å². The van der Waals surface area contributed by atoms with Gasteiger partial charge in [0.2, 0.25) is 5.76 Å². The van der Waals surface area contributed by atoms with Gasteiger partial charge in [-0.2, -0.15) is 0 Å². The summed E-state index contributed by atoms with van der Waals surface area (Å²) in [7, 11) is 1.19. The number of alkyl halides is 3. The maximum atomic E-state index is 12.8. The minimum absolute atomic E-state index is 0.0547. The van der Waals surface area contributed by atoms with Gasteiger partial charge in [0.25, 0.3) is 0 Å². The van der Waals surface area contributed by atoms with Gasteiger partial charge in [0.1, 0.15) is 5.76 Å². The van der Waals surface area contributed by atoms with Crippen LogP contribution in [-0.4, -0.2) is 18.4 Å². The predicted octanol–water partition coefficient (Wildman–Crippen LogP) is 3.32. The van der Waals surface area contributed by atoms with Crippen LogP contribution in [0, 0.1) is 10.1 Å². The lowest BCUT2D eigenvalue weighted by Gasteiger charge is -2.20. The van der Waals surface area contributed by atoms with E-state index in [0.717, 1.165) is 6.08 Å². The molecule has 0 unspecified atom stereocenters. The van der Waals surface area contributed by atoms with Crippen LogP contribution in [0.2, 0.25) is 0 Å². The maximum Gasteiger partial charge on any atom is 0.573 e. The molecule has 0 heterocycles. The Morgan fingerprint density at radius 1 is 1.29 bits per heavy atom. The van der Waals surface area contributed by atoms with E-state index in [9.17, 15) is 23.3 Å². The van der Waals surface area contributed by atoms with Crippen molar-refractivity contribution < 1.29 is 27.6 Å². The number of methoxy groups -OCH3 is 1. The lowest BCUT2D eigenvalue weighted by atomic mass is 9.97. The lowest BCUT2D eigenvalue weighted by Crippen LogP contribution is -2.19. The Labute approximate surface area is 134 Å². The average molecular weight is 342 g/mol. The smallest absolute Gasteiger partial charge is 0.489 e. The number of rotatable bonds is 4. The molecular formula is C15H13F3N2O4. The van der Waals surface area contributed by atoms with Gasteiger partial charge in [0.15, 0.2) is 0 Å². The van der Waals surface area contributed by atoms with Gasteiger partial charge in [0.05, 0.1) is 17.7 Å². The summed E-state index contributed by atoms with van der Waals surface area (Å²) in [6.07, 6.45) is -4.16. The van der Waals surface area contributed by atoms with Crippen molar-refractivity contribution in [2.45, 2.75) is 12.8 Å². The molecule has 0 saturated heterocycles. The number of nitrogens with zero attached hydrogens (tertiary/aromatic N) is 1. The standard InChI is InChI=1S/C15H13F3N2O4/c1-23-14-11(19)7-10(8-12(14)20(21)22)13(24-15(16,17)18)9-5-3-2-4-6-9/h2-6,8H,7,19H2,1H3. The zero-order chi connectivity index (χ0) is 17.9. The van der Waals surface area contributed by atoms with Crippen molar-refractivity contribution in [2.24, 2.45) is 5.73 Å². The van der Waals surface area contributed by atoms with Crippen molar-refractivity contribution in [2.75, 3.05) is 7.11 Å². The van der Waals surface area contributed by atoms with Crippen LogP contribution in [-0.2, 0) is 9.47 Å². The van der Waals surface area contributed by atoms with Gasteiger partial charge >= 0.3 is 12.1 Å². The van der Waals surface area contributed by atoms with Gasteiger partial charge in [0, 0.05) is 23.6 Å². The fraction of sp³-hybridized carbons (Fsp3) is 0.200. The summed E-state index contributed by atoms with van der Waals surface area (Å²) in [6.45, 7) is 0. The maximum absolute atomic E-state index is 12.8. The zero-order valence-electron chi connectivity index (χ0n) is 12.5. The molecule has 9 heteroatoms. The fourth-order valence-corrected chi connectivity index (χ4v) is 2.26. The number of nitrogens with two attached hydrogens (primary N) is 1. The van der Waals surface area contributed by atoms with E-state index >= 15 is 0 Å². The van der Waals surface area contributed by atoms with Crippen LogP contribution in [0.25, 0.3) is 5.76 Å². The van der Waals surface area contributed by atoms with E-state index in [4.69, 9.17) is 10.5 Å². The zero-order valence-corrected chi connectivity index (χ0v) is 12.5. The van der Waals surface area contributed by atoms with E-state index in [0.29, 0.717) is 0 Å². The van der Waals surface area contributed by atoms with Crippen LogP contribution in [0.1, 0.15) is 12.0 Å². The van der Waals surface area contributed by atoms with Gasteiger partial charge < -0.3 is 15.2 Å². The Morgan fingerprint density at radius 3 is 2.42 bits per heavy atom. The van der Waals surface area contributed by atoms with Crippen LogP contribution in [0.5, 0.6) is 0 Å². The molecule has 0 saturated carbocycles. The highest BCUT2D eigenvalue weighted by molar-refractivity contribution is 5.68. The molecule has 1 aromatic carbocycles. The van der Waals surface area contributed by atoms with Crippen LogP contribution in [0.4, 0.5) is 13.2 Å². The summed E-state index contributed by atoms with van der Waals surface area (Å²) in [5.74, 6) is -0.719. The molecule has 0 radical (unpaired) electrons. The summed E-state index contributed by atoms with van der Waals surface area (Å²) >= 11 is 0. The number of hydrogen-bond acceptors (Lipinski definition) is 5. The SMILES string of the molecule is COC1=C(N)CC(=C(OC(F)(F)F)c2ccccc2)C=C1[N+](=O)[O-]. The first-order valence-corrected chi connectivity index (χ1v) is 6.66. The monoisotopic (exact) mass is 342 g/mol.